The lowest BCUT2D eigenvalue weighted by molar-refractivity contribution is 0.0765. The van der Waals surface area contributed by atoms with Gasteiger partial charge in [0.15, 0.2) is 0 Å². The molecule has 2 fully saturated rings. The quantitative estimate of drug-likeness (QED) is 0.124. The molecule has 0 nitrogen and oxygen atoms in total. The molecule has 0 radical (unpaired) electrons. The Morgan fingerprint density at radius 2 is 1.35 bits per heavy atom. The van der Waals surface area contributed by atoms with Crippen LogP contribution in [0.1, 0.15) is 178 Å². The van der Waals surface area contributed by atoms with Gasteiger partial charge in [0.25, 0.3) is 0 Å². The van der Waals surface area contributed by atoms with Gasteiger partial charge in [0.1, 0.15) is 0 Å². The minimum absolute atomic E-state index is 0. The fraction of sp³-hybridized carbons (Fsp3) is 0.850. The number of rotatable bonds is 17. The first-order valence-corrected chi connectivity index (χ1v) is 17.4. The van der Waals surface area contributed by atoms with Gasteiger partial charge in [0.2, 0.25) is 0 Å². The summed E-state index contributed by atoms with van der Waals surface area (Å²) in [7, 11) is 0. The molecule has 0 unspecified atom stereocenters. The molecule has 0 aromatic heterocycles. The minimum Gasteiger partial charge on any atom is -0.0999 e. The normalized spacial score (nSPS) is 27.4. The van der Waals surface area contributed by atoms with Crippen molar-refractivity contribution in [2.75, 3.05) is 0 Å². The Kier molecular flexibility index (Phi) is 17.4. The summed E-state index contributed by atoms with van der Waals surface area (Å²) in [5, 5.41) is 0. The van der Waals surface area contributed by atoms with Crippen molar-refractivity contribution in [3.05, 3.63) is 36.0 Å². The number of hydrogen-bond donors (Lipinski definition) is 0. The van der Waals surface area contributed by atoms with Gasteiger partial charge in [-0.15, -0.1) is 0 Å². The van der Waals surface area contributed by atoms with E-state index in [1.165, 1.54) is 115 Å². The van der Waals surface area contributed by atoms with Crippen molar-refractivity contribution in [3.8, 4) is 0 Å². The van der Waals surface area contributed by atoms with Crippen molar-refractivity contribution in [3.63, 3.8) is 0 Å². The average molecular weight is 555 g/mol. The second-order valence-corrected chi connectivity index (χ2v) is 15.8. The maximum Gasteiger partial charge on any atom is -0.0167 e. The smallest absolute Gasteiger partial charge is 0.0167 e. The average Bonchev–Trinajstić information content (AvgIpc) is 2.84. The summed E-state index contributed by atoms with van der Waals surface area (Å²) in [6.45, 7) is 24.3. The fourth-order valence-corrected chi connectivity index (χ4v) is 8.48. The van der Waals surface area contributed by atoms with Crippen molar-refractivity contribution in [2.24, 2.45) is 40.4 Å². The minimum atomic E-state index is 0. The van der Waals surface area contributed by atoms with Gasteiger partial charge >= 0.3 is 0 Å². The molecule has 0 aromatic rings. The van der Waals surface area contributed by atoms with Crippen LogP contribution >= 0.6 is 0 Å². The fourth-order valence-electron chi connectivity index (χ4n) is 8.48. The predicted molar refractivity (Wildman–Crippen MR) is 184 cm³/mol. The van der Waals surface area contributed by atoms with Gasteiger partial charge in [-0.05, 0) is 118 Å². The zero-order valence-corrected chi connectivity index (χ0v) is 28.1. The summed E-state index contributed by atoms with van der Waals surface area (Å²) >= 11 is 0. The highest BCUT2D eigenvalue weighted by molar-refractivity contribution is 5.03. The van der Waals surface area contributed by atoms with Gasteiger partial charge in [0, 0.05) is 0 Å². The van der Waals surface area contributed by atoms with Crippen molar-refractivity contribution in [2.45, 2.75) is 178 Å². The summed E-state index contributed by atoms with van der Waals surface area (Å²) in [4.78, 5) is 0. The lowest BCUT2D eigenvalue weighted by atomic mass is 9.62. The monoisotopic (exact) mass is 555 g/mol. The lowest BCUT2D eigenvalue weighted by Gasteiger charge is -2.43. The maximum absolute atomic E-state index is 4.46. The molecule has 0 amide bonds. The van der Waals surface area contributed by atoms with Gasteiger partial charge in [0.05, 0.1) is 0 Å². The largest absolute Gasteiger partial charge is 0.0999 e. The first-order chi connectivity index (χ1) is 18.4. The van der Waals surface area contributed by atoms with Crippen LogP contribution in [0.4, 0.5) is 0 Å². The second kappa shape index (κ2) is 18.7. The van der Waals surface area contributed by atoms with Crippen molar-refractivity contribution in [1.29, 1.82) is 0 Å². The summed E-state index contributed by atoms with van der Waals surface area (Å²) < 4.78 is 0. The van der Waals surface area contributed by atoms with Gasteiger partial charge in [-0.3, -0.25) is 0 Å². The molecule has 2 aliphatic carbocycles. The Hall–Kier alpha value is -0.780. The SMILES string of the molecule is C.C=C(CCC[C@H](C)CCCC/C=C/C/C=C(\C)CC[C@@H]1[C@H](C)CCCC1(C)C)CC[C@@H]1[C@H](C)CCCC1(C)C. The molecular formula is C40H74. The van der Waals surface area contributed by atoms with Crippen molar-refractivity contribution in [1.82, 2.24) is 0 Å². The molecular weight excluding hydrogens is 480 g/mol. The van der Waals surface area contributed by atoms with Crippen molar-refractivity contribution >= 4 is 0 Å². The van der Waals surface area contributed by atoms with Gasteiger partial charge in [-0.2, -0.15) is 0 Å². The van der Waals surface area contributed by atoms with E-state index >= 15 is 0 Å². The summed E-state index contributed by atoms with van der Waals surface area (Å²) in [5.41, 5.74) is 4.17. The van der Waals surface area contributed by atoms with Crippen LogP contribution in [-0.2, 0) is 0 Å². The molecule has 0 bridgehead atoms. The van der Waals surface area contributed by atoms with E-state index in [-0.39, 0.29) is 7.43 Å². The highest BCUT2D eigenvalue weighted by atomic mass is 14.4. The van der Waals surface area contributed by atoms with E-state index in [4.69, 9.17) is 0 Å². The molecule has 0 saturated heterocycles. The Labute approximate surface area is 254 Å². The maximum atomic E-state index is 4.46. The molecule has 234 valence electrons. The van der Waals surface area contributed by atoms with Gasteiger partial charge in [-0.25, -0.2) is 0 Å². The first kappa shape index (κ1) is 37.2. The molecule has 0 heterocycles. The molecule has 0 aromatic carbocycles. The summed E-state index contributed by atoms with van der Waals surface area (Å²) in [6.07, 6.45) is 31.6. The second-order valence-electron chi connectivity index (χ2n) is 15.8. The Morgan fingerprint density at radius 3 is 1.93 bits per heavy atom. The van der Waals surface area contributed by atoms with Crippen LogP contribution in [0.15, 0.2) is 36.0 Å². The predicted octanol–water partition coefficient (Wildman–Crippen LogP) is 13.9. The molecule has 0 aliphatic heterocycles. The molecule has 2 rings (SSSR count). The Balaban J connectivity index is 0.00000800. The molecule has 5 atom stereocenters. The van der Waals surface area contributed by atoms with Crippen LogP contribution in [-0.4, -0.2) is 0 Å². The van der Waals surface area contributed by atoms with Crippen LogP contribution in [0.2, 0.25) is 0 Å². The lowest BCUT2D eigenvalue weighted by Crippen LogP contribution is -2.33. The summed E-state index contributed by atoms with van der Waals surface area (Å²) in [6, 6.07) is 0. The number of allylic oxidation sites excluding steroid dienone is 5. The van der Waals surface area contributed by atoms with E-state index < -0.39 is 0 Å². The van der Waals surface area contributed by atoms with Gasteiger partial charge in [-0.1, -0.05) is 137 Å². The van der Waals surface area contributed by atoms with Gasteiger partial charge < -0.3 is 0 Å². The van der Waals surface area contributed by atoms with E-state index in [1.807, 2.05) is 0 Å². The zero-order chi connectivity index (χ0) is 28.9. The summed E-state index contributed by atoms with van der Waals surface area (Å²) in [5.74, 6) is 4.44. The molecule has 40 heavy (non-hydrogen) atoms. The van der Waals surface area contributed by atoms with Crippen LogP contribution in [0.3, 0.4) is 0 Å². The van der Waals surface area contributed by atoms with E-state index in [1.54, 1.807) is 5.57 Å². The highest BCUT2D eigenvalue weighted by Gasteiger charge is 2.37. The van der Waals surface area contributed by atoms with E-state index in [0.29, 0.717) is 10.8 Å². The number of unbranched alkanes of at least 4 members (excludes halogenated alkanes) is 2. The Bertz CT molecular complexity index is 746. The third kappa shape index (κ3) is 13.5. The molecule has 0 heteroatoms. The molecule has 0 N–H and O–H groups in total. The standard InChI is InChI=1S/C39H70.CH4/c1-31(21-16-22-33(3)26-28-37-35(5)24-18-30-39(37,8)9)19-14-12-10-11-13-15-20-32(2)25-27-36-34(4)23-17-29-38(36,6)7;/h11,13,20,31,34-37H,3,10,12,14-19,21-30H2,1-2,4-9H3;1H4/b13-11+,32-20+;/t31-,34-,35-,36-,37-;/m1./s1. The topological polar surface area (TPSA) is 0 Å². The molecule has 2 aliphatic rings. The van der Waals surface area contributed by atoms with E-state index in [9.17, 15) is 0 Å². The van der Waals surface area contributed by atoms with Crippen LogP contribution in [0.5, 0.6) is 0 Å². The highest BCUT2D eigenvalue weighted by Crippen LogP contribution is 2.47. The van der Waals surface area contributed by atoms with E-state index in [2.05, 4.69) is 80.2 Å². The van der Waals surface area contributed by atoms with Crippen molar-refractivity contribution < 1.29 is 0 Å². The molecule has 0 spiro atoms. The van der Waals surface area contributed by atoms with E-state index in [0.717, 1.165) is 36.0 Å². The third-order valence-corrected chi connectivity index (χ3v) is 11.3. The van der Waals surface area contributed by atoms with Crippen LogP contribution < -0.4 is 0 Å². The first-order valence-electron chi connectivity index (χ1n) is 17.4. The molecule has 2 saturated carbocycles. The number of hydrogen-bond acceptors (Lipinski definition) is 0. The zero-order valence-electron chi connectivity index (χ0n) is 28.1. The van der Waals surface area contributed by atoms with Crippen LogP contribution in [0.25, 0.3) is 0 Å². The Morgan fingerprint density at radius 1 is 0.800 bits per heavy atom. The van der Waals surface area contributed by atoms with Crippen LogP contribution in [0, 0.1) is 40.4 Å². The third-order valence-electron chi connectivity index (χ3n) is 11.3.